The molecule has 0 amide bonds. The van der Waals surface area contributed by atoms with Crippen molar-refractivity contribution in [2.75, 3.05) is 5.33 Å². The SMILES string of the molecule is Clc1ccccc1COC(CBr)c1cccc(Br)c1. The summed E-state index contributed by atoms with van der Waals surface area (Å²) >= 11 is 13.1. The normalized spacial score (nSPS) is 12.4. The third-order valence-corrected chi connectivity index (χ3v) is 4.21. The van der Waals surface area contributed by atoms with Gasteiger partial charge in [-0.1, -0.05) is 73.8 Å². The second-order valence-corrected chi connectivity index (χ2v) is 6.07. The average Bonchev–Trinajstić information content (AvgIpc) is 2.41. The number of rotatable bonds is 5. The molecule has 2 aromatic rings. The monoisotopic (exact) mass is 402 g/mol. The van der Waals surface area contributed by atoms with E-state index in [0.29, 0.717) is 6.61 Å². The Morgan fingerprint density at radius 2 is 1.89 bits per heavy atom. The summed E-state index contributed by atoms with van der Waals surface area (Å²) in [5.74, 6) is 0. The smallest absolute Gasteiger partial charge is 0.0926 e. The maximum absolute atomic E-state index is 6.12. The first-order valence-corrected chi connectivity index (χ1v) is 8.16. The minimum absolute atomic E-state index is 0.00812. The van der Waals surface area contributed by atoms with Gasteiger partial charge in [0.2, 0.25) is 0 Å². The molecule has 100 valence electrons. The van der Waals surface area contributed by atoms with Crippen LogP contribution in [0.5, 0.6) is 0 Å². The first-order chi connectivity index (χ1) is 9.20. The standard InChI is InChI=1S/C15H13Br2ClO/c16-9-15(11-5-3-6-13(17)8-11)19-10-12-4-1-2-7-14(12)18/h1-8,15H,9-10H2. The van der Waals surface area contributed by atoms with Crippen LogP contribution in [0.15, 0.2) is 53.0 Å². The van der Waals surface area contributed by atoms with Crippen LogP contribution >= 0.6 is 43.5 Å². The molecular formula is C15H13Br2ClO. The Balaban J connectivity index is 2.06. The van der Waals surface area contributed by atoms with Gasteiger partial charge in [-0.15, -0.1) is 0 Å². The van der Waals surface area contributed by atoms with Crippen LogP contribution in [0.1, 0.15) is 17.2 Å². The second-order valence-electron chi connectivity index (χ2n) is 4.10. The van der Waals surface area contributed by atoms with Crippen LogP contribution in [-0.2, 0) is 11.3 Å². The second kappa shape index (κ2) is 7.44. The van der Waals surface area contributed by atoms with E-state index in [-0.39, 0.29) is 6.10 Å². The van der Waals surface area contributed by atoms with Gasteiger partial charge in [0.1, 0.15) is 0 Å². The summed E-state index contributed by atoms with van der Waals surface area (Å²) in [4.78, 5) is 0. The van der Waals surface area contributed by atoms with Crippen molar-refractivity contribution in [3.05, 3.63) is 69.2 Å². The molecule has 1 nitrogen and oxygen atoms in total. The fraction of sp³-hybridized carbons (Fsp3) is 0.200. The Hall–Kier alpha value is -0.350. The summed E-state index contributed by atoms with van der Waals surface area (Å²) in [5, 5.41) is 1.48. The Bertz CT molecular complexity index is 545. The largest absolute Gasteiger partial charge is 0.368 e. The van der Waals surface area contributed by atoms with E-state index in [1.165, 1.54) is 0 Å². The van der Waals surface area contributed by atoms with Gasteiger partial charge in [0.05, 0.1) is 12.7 Å². The van der Waals surface area contributed by atoms with Gasteiger partial charge >= 0.3 is 0 Å². The summed E-state index contributed by atoms with van der Waals surface area (Å²) < 4.78 is 7.00. The van der Waals surface area contributed by atoms with Crippen LogP contribution in [0.2, 0.25) is 5.02 Å². The topological polar surface area (TPSA) is 9.23 Å². The van der Waals surface area contributed by atoms with Crippen LogP contribution in [0, 0.1) is 0 Å². The molecule has 1 atom stereocenters. The fourth-order valence-corrected chi connectivity index (χ4v) is 2.91. The van der Waals surface area contributed by atoms with E-state index in [1.807, 2.05) is 36.4 Å². The predicted molar refractivity (Wildman–Crippen MR) is 86.9 cm³/mol. The van der Waals surface area contributed by atoms with Crippen molar-refractivity contribution in [3.63, 3.8) is 0 Å². The average molecular weight is 405 g/mol. The van der Waals surface area contributed by atoms with Gasteiger partial charge in [-0.05, 0) is 29.3 Å². The van der Waals surface area contributed by atoms with Gasteiger partial charge < -0.3 is 4.74 Å². The Kier molecular flexibility index (Phi) is 5.89. The number of halogens is 3. The van der Waals surface area contributed by atoms with E-state index >= 15 is 0 Å². The third kappa shape index (κ3) is 4.32. The van der Waals surface area contributed by atoms with Gasteiger partial charge in [0.25, 0.3) is 0 Å². The van der Waals surface area contributed by atoms with Crippen LogP contribution < -0.4 is 0 Å². The maximum atomic E-state index is 6.12. The molecule has 0 spiro atoms. The van der Waals surface area contributed by atoms with Crippen molar-refractivity contribution < 1.29 is 4.74 Å². The van der Waals surface area contributed by atoms with Crippen molar-refractivity contribution >= 4 is 43.5 Å². The lowest BCUT2D eigenvalue weighted by Gasteiger charge is -2.16. The zero-order valence-corrected chi connectivity index (χ0v) is 14.1. The molecule has 0 N–H and O–H groups in total. The molecule has 0 bridgehead atoms. The predicted octanol–water partition coefficient (Wildman–Crippen LogP) is 5.76. The van der Waals surface area contributed by atoms with E-state index in [1.54, 1.807) is 0 Å². The quantitative estimate of drug-likeness (QED) is 0.576. The molecule has 0 aliphatic rings. The van der Waals surface area contributed by atoms with E-state index in [2.05, 4.69) is 44.0 Å². The van der Waals surface area contributed by atoms with Crippen LogP contribution in [-0.4, -0.2) is 5.33 Å². The van der Waals surface area contributed by atoms with Crippen LogP contribution in [0.3, 0.4) is 0 Å². The molecule has 0 aromatic heterocycles. The summed E-state index contributed by atoms with van der Waals surface area (Å²) in [6.45, 7) is 0.502. The molecule has 0 heterocycles. The first-order valence-electron chi connectivity index (χ1n) is 5.87. The molecule has 19 heavy (non-hydrogen) atoms. The Morgan fingerprint density at radius 1 is 1.11 bits per heavy atom. The molecule has 4 heteroatoms. The fourth-order valence-electron chi connectivity index (χ4n) is 1.74. The molecule has 1 unspecified atom stereocenters. The molecule has 0 fully saturated rings. The van der Waals surface area contributed by atoms with Crippen molar-refractivity contribution in [1.29, 1.82) is 0 Å². The Morgan fingerprint density at radius 3 is 2.58 bits per heavy atom. The lowest BCUT2D eigenvalue weighted by molar-refractivity contribution is 0.0566. The molecule has 0 aliphatic heterocycles. The highest BCUT2D eigenvalue weighted by molar-refractivity contribution is 9.10. The molecule has 0 saturated carbocycles. The number of hydrogen-bond acceptors (Lipinski definition) is 1. The zero-order valence-electron chi connectivity index (χ0n) is 10.2. The summed E-state index contributed by atoms with van der Waals surface area (Å²) in [7, 11) is 0. The number of alkyl halides is 1. The van der Waals surface area contributed by atoms with E-state index in [9.17, 15) is 0 Å². The molecule has 0 radical (unpaired) electrons. The van der Waals surface area contributed by atoms with E-state index in [4.69, 9.17) is 16.3 Å². The van der Waals surface area contributed by atoms with Crippen LogP contribution in [0.4, 0.5) is 0 Å². The molecule has 2 rings (SSSR count). The van der Waals surface area contributed by atoms with E-state index < -0.39 is 0 Å². The van der Waals surface area contributed by atoms with Crippen LogP contribution in [0.25, 0.3) is 0 Å². The highest BCUT2D eigenvalue weighted by Gasteiger charge is 2.11. The van der Waals surface area contributed by atoms with Gasteiger partial charge in [0, 0.05) is 14.8 Å². The van der Waals surface area contributed by atoms with Crippen molar-refractivity contribution in [2.24, 2.45) is 0 Å². The lowest BCUT2D eigenvalue weighted by Crippen LogP contribution is -2.06. The van der Waals surface area contributed by atoms with Gasteiger partial charge in [-0.25, -0.2) is 0 Å². The third-order valence-electron chi connectivity index (χ3n) is 2.76. The maximum Gasteiger partial charge on any atom is 0.0926 e. The number of hydrogen-bond donors (Lipinski definition) is 0. The lowest BCUT2D eigenvalue weighted by atomic mass is 10.1. The number of benzene rings is 2. The van der Waals surface area contributed by atoms with Crippen molar-refractivity contribution in [3.8, 4) is 0 Å². The zero-order chi connectivity index (χ0) is 13.7. The number of ether oxygens (including phenoxy) is 1. The van der Waals surface area contributed by atoms with Gasteiger partial charge in [-0.2, -0.15) is 0 Å². The minimum atomic E-state index is 0.00812. The van der Waals surface area contributed by atoms with E-state index in [0.717, 1.165) is 26.0 Å². The molecular weight excluding hydrogens is 391 g/mol. The molecule has 2 aromatic carbocycles. The van der Waals surface area contributed by atoms with Crippen molar-refractivity contribution in [2.45, 2.75) is 12.7 Å². The van der Waals surface area contributed by atoms with Gasteiger partial charge in [0.15, 0.2) is 0 Å². The van der Waals surface area contributed by atoms with Crippen molar-refractivity contribution in [1.82, 2.24) is 0 Å². The molecule has 0 aliphatic carbocycles. The highest BCUT2D eigenvalue weighted by atomic mass is 79.9. The van der Waals surface area contributed by atoms with Gasteiger partial charge in [-0.3, -0.25) is 0 Å². The highest BCUT2D eigenvalue weighted by Crippen LogP contribution is 2.25. The minimum Gasteiger partial charge on any atom is -0.368 e. The Labute approximate surface area is 135 Å². The summed E-state index contributed by atoms with van der Waals surface area (Å²) in [6, 6.07) is 15.9. The summed E-state index contributed by atoms with van der Waals surface area (Å²) in [5.41, 5.74) is 2.14. The molecule has 0 saturated heterocycles. The summed E-state index contributed by atoms with van der Waals surface area (Å²) in [6.07, 6.45) is 0.00812. The first kappa shape index (κ1) is 15.0.